The van der Waals surface area contributed by atoms with Crippen LogP contribution in [0.1, 0.15) is 29.5 Å². The van der Waals surface area contributed by atoms with Gasteiger partial charge >= 0.3 is 0 Å². The molecule has 4 rings (SSSR count). The molecular weight excluding hydrogens is 539 g/mol. The maximum absolute atomic E-state index is 12.3. The molecule has 1 aliphatic rings. The first-order chi connectivity index (χ1) is 11.8. The third-order valence-electron chi connectivity index (χ3n) is 3.89. The number of aliphatic hydroxyl groups is 1. The number of aliphatic hydroxyl groups excluding tert-OH is 1. The van der Waals surface area contributed by atoms with E-state index in [4.69, 9.17) is 13.3 Å². The SMILES string of the molecule is O=C1C(O)C(c2ccco2)N1C(/N=C/c1ccco1)c1ccco1.[Ac]. The molecule has 3 unspecified atom stereocenters. The van der Waals surface area contributed by atoms with E-state index in [1.54, 1.807) is 36.4 Å². The molecule has 125 valence electrons. The summed E-state index contributed by atoms with van der Waals surface area (Å²) in [4.78, 5) is 18.1. The van der Waals surface area contributed by atoms with E-state index < -0.39 is 24.2 Å². The molecule has 7 nitrogen and oxygen atoms in total. The predicted octanol–water partition coefficient (Wildman–Crippen LogP) is 2.53. The van der Waals surface area contributed by atoms with Gasteiger partial charge in [-0.1, -0.05) is 0 Å². The van der Waals surface area contributed by atoms with Crippen LogP contribution in [0.2, 0.25) is 0 Å². The molecule has 3 aromatic heterocycles. The summed E-state index contributed by atoms with van der Waals surface area (Å²) in [5.74, 6) is 1.09. The Bertz CT molecular complexity index is 827. The number of rotatable bonds is 5. The van der Waals surface area contributed by atoms with Crippen LogP contribution in [0.3, 0.4) is 0 Å². The first-order valence-corrected chi connectivity index (χ1v) is 7.39. The number of likely N-dealkylation sites (tertiary alicyclic amines) is 1. The van der Waals surface area contributed by atoms with Crippen LogP contribution in [-0.4, -0.2) is 28.2 Å². The topological polar surface area (TPSA) is 92.3 Å². The van der Waals surface area contributed by atoms with E-state index in [0.29, 0.717) is 17.3 Å². The van der Waals surface area contributed by atoms with E-state index >= 15 is 0 Å². The fraction of sp³-hybridized carbons (Fsp3) is 0.176. The maximum Gasteiger partial charge on any atom is 0.256 e. The van der Waals surface area contributed by atoms with Crippen molar-refractivity contribution in [3.63, 3.8) is 0 Å². The smallest absolute Gasteiger partial charge is 0.256 e. The molecular formula is C17H14AcN2O5. The van der Waals surface area contributed by atoms with Crippen LogP contribution in [0, 0.1) is 44.1 Å². The first kappa shape index (κ1) is 18.2. The van der Waals surface area contributed by atoms with Gasteiger partial charge in [-0.3, -0.25) is 14.7 Å². The Morgan fingerprint density at radius 1 is 1.08 bits per heavy atom. The second kappa shape index (κ2) is 7.73. The molecule has 0 bridgehead atoms. The van der Waals surface area contributed by atoms with Crippen LogP contribution in [0.5, 0.6) is 0 Å². The molecule has 0 spiro atoms. The predicted molar refractivity (Wildman–Crippen MR) is 82.1 cm³/mol. The molecule has 1 amide bonds. The summed E-state index contributed by atoms with van der Waals surface area (Å²) in [5, 5.41) is 10.1. The van der Waals surface area contributed by atoms with Gasteiger partial charge in [0.2, 0.25) is 0 Å². The van der Waals surface area contributed by atoms with E-state index in [2.05, 4.69) is 4.99 Å². The van der Waals surface area contributed by atoms with Crippen molar-refractivity contribution in [3.05, 3.63) is 72.5 Å². The zero-order valence-electron chi connectivity index (χ0n) is 13.1. The van der Waals surface area contributed by atoms with E-state index in [1.807, 2.05) is 0 Å². The van der Waals surface area contributed by atoms with Gasteiger partial charge < -0.3 is 18.4 Å². The number of aliphatic imine (C=N–C) groups is 1. The number of carbonyl (C=O) groups excluding carboxylic acids is 1. The molecule has 0 aromatic carbocycles. The molecule has 0 aliphatic carbocycles. The van der Waals surface area contributed by atoms with E-state index in [-0.39, 0.29) is 44.1 Å². The largest absolute Gasteiger partial charge is 0.467 e. The molecule has 0 saturated carbocycles. The normalized spacial score (nSPS) is 21.2. The fourth-order valence-electron chi connectivity index (χ4n) is 2.75. The van der Waals surface area contributed by atoms with Crippen LogP contribution in [0.25, 0.3) is 0 Å². The van der Waals surface area contributed by atoms with Crippen LogP contribution in [0.4, 0.5) is 0 Å². The molecule has 4 heterocycles. The number of β-lactam (4-membered cyclic amide) rings is 1. The molecule has 1 saturated heterocycles. The van der Waals surface area contributed by atoms with Crippen molar-refractivity contribution in [1.82, 2.24) is 4.90 Å². The average Bonchev–Trinajstić information content (AvgIpc) is 3.35. The van der Waals surface area contributed by atoms with Crippen LogP contribution in [0.15, 0.2) is 73.4 Å². The molecule has 8 heteroatoms. The van der Waals surface area contributed by atoms with Crippen LogP contribution < -0.4 is 0 Å². The van der Waals surface area contributed by atoms with Gasteiger partial charge in [-0.15, -0.1) is 0 Å². The van der Waals surface area contributed by atoms with Gasteiger partial charge in [-0.25, -0.2) is 0 Å². The van der Waals surface area contributed by atoms with Crippen LogP contribution in [-0.2, 0) is 4.79 Å². The van der Waals surface area contributed by atoms with E-state index in [9.17, 15) is 9.90 Å². The van der Waals surface area contributed by atoms with Crippen molar-refractivity contribution in [2.45, 2.75) is 18.3 Å². The van der Waals surface area contributed by atoms with Crippen molar-refractivity contribution in [2.75, 3.05) is 0 Å². The zero-order valence-corrected chi connectivity index (χ0v) is 17.8. The Morgan fingerprint density at radius 3 is 2.44 bits per heavy atom. The van der Waals surface area contributed by atoms with Gasteiger partial charge in [0.15, 0.2) is 12.3 Å². The monoisotopic (exact) mass is 553 g/mol. The Kier molecular flexibility index (Phi) is 5.62. The Balaban J connectivity index is 0.00000182. The molecule has 1 aliphatic heterocycles. The van der Waals surface area contributed by atoms with Crippen LogP contribution >= 0.6 is 0 Å². The summed E-state index contributed by atoms with van der Waals surface area (Å²) in [7, 11) is 0. The summed E-state index contributed by atoms with van der Waals surface area (Å²) in [6.45, 7) is 0. The Morgan fingerprint density at radius 2 is 1.80 bits per heavy atom. The quantitative estimate of drug-likeness (QED) is 0.388. The standard InChI is InChI=1S/C17H14N2O5.Ac/c20-15-14(12-5-2-8-23-12)19(17(15)21)16(13-6-3-9-24-13)18-10-11-4-1-7-22-11;/h1-10,14-16,20H;/b18-10+;. The van der Waals surface area contributed by atoms with Gasteiger partial charge in [0, 0.05) is 44.1 Å². The van der Waals surface area contributed by atoms with Gasteiger partial charge in [-0.05, 0) is 36.4 Å². The summed E-state index contributed by atoms with van der Waals surface area (Å²) in [6, 6.07) is 9.73. The second-order valence-corrected chi connectivity index (χ2v) is 5.33. The summed E-state index contributed by atoms with van der Waals surface area (Å²) < 4.78 is 16.0. The molecule has 3 atom stereocenters. The molecule has 1 N–H and O–H groups in total. The van der Waals surface area contributed by atoms with E-state index in [0.717, 1.165) is 0 Å². The number of nitrogens with zero attached hydrogens (tertiary/aromatic N) is 2. The molecule has 1 fully saturated rings. The average molecular weight is 553 g/mol. The zero-order chi connectivity index (χ0) is 16.5. The van der Waals surface area contributed by atoms with Crippen molar-refractivity contribution in [3.8, 4) is 0 Å². The maximum atomic E-state index is 12.3. The van der Waals surface area contributed by atoms with E-state index in [1.165, 1.54) is 29.9 Å². The van der Waals surface area contributed by atoms with Crippen molar-refractivity contribution in [1.29, 1.82) is 0 Å². The summed E-state index contributed by atoms with van der Waals surface area (Å²) in [6.07, 6.45) is 4.17. The number of carbonyl (C=O) groups is 1. The third-order valence-corrected chi connectivity index (χ3v) is 3.89. The minimum absolute atomic E-state index is 0. The molecule has 3 aromatic rings. The van der Waals surface area contributed by atoms with Crippen molar-refractivity contribution >= 4 is 12.1 Å². The first-order valence-electron chi connectivity index (χ1n) is 7.39. The Hall–Kier alpha value is -1.62. The Labute approximate surface area is 178 Å². The minimum Gasteiger partial charge on any atom is -0.467 e. The van der Waals surface area contributed by atoms with Gasteiger partial charge in [-0.2, -0.15) is 0 Å². The number of amides is 1. The number of hydrogen-bond acceptors (Lipinski definition) is 6. The van der Waals surface area contributed by atoms with Gasteiger partial charge in [0.1, 0.15) is 23.3 Å². The fourth-order valence-corrected chi connectivity index (χ4v) is 2.75. The van der Waals surface area contributed by atoms with Crippen molar-refractivity contribution in [2.24, 2.45) is 4.99 Å². The second-order valence-electron chi connectivity index (χ2n) is 5.33. The summed E-state index contributed by atoms with van der Waals surface area (Å²) in [5.41, 5.74) is 0. The molecule has 1 radical (unpaired) electrons. The van der Waals surface area contributed by atoms with Gasteiger partial charge in [0.25, 0.3) is 5.91 Å². The third kappa shape index (κ3) is 3.39. The summed E-state index contributed by atoms with van der Waals surface area (Å²) >= 11 is 0. The molecule has 25 heavy (non-hydrogen) atoms. The van der Waals surface area contributed by atoms with Gasteiger partial charge in [0.05, 0.1) is 25.0 Å². The number of furan rings is 3. The van der Waals surface area contributed by atoms with Crippen molar-refractivity contribution < 1.29 is 67.2 Å². The minimum atomic E-state index is -1.16. The number of hydrogen-bond donors (Lipinski definition) is 1.